The number of hydrogen-bond donors (Lipinski definition) is 2. The van der Waals surface area contributed by atoms with E-state index in [9.17, 15) is 14.0 Å². The van der Waals surface area contributed by atoms with Gasteiger partial charge in [-0.2, -0.15) is 0 Å². The molecule has 1 heterocycles. The summed E-state index contributed by atoms with van der Waals surface area (Å²) in [5, 5.41) is 10.8. The van der Waals surface area contributed by atoms with Crippen molar-refractivity contribution >= 4 is 11.8 Å². The third-order valence-electron chi connectivity index (χ3n) is 3.14. The van der Waals surface area contributed by atoms with Crippen molar-refractivity contribution in [3.05, 3.63) is 71.8 Å². The van der Waals surface area contributed by atoms with Crippen LogP contribution < -0.4 is 10.9 Å². The van der Waals surface area contributed by atoms with Gasteiger partial charge >= 0.3 is 0 Å². The van der Waals surface area contributed by atoms with Gasteiger partial charge in [0.1, 0.15) is 12.1 Å². The first-order valence-electron chi connectivity index (χ1n) is 6.83. The van der Waals surface area contributed by atoms with Crippen molar-refractivity contribution in [1.29, 1.82) is 0 Å². The van der Waals surface area contributed by atoms with Gasteiger partial charge in [-0.15, -0.1) is 5.10 Å². The molecule has 0 radical (unpaired) electrons. The van der Waals surface area contributed by atoms with Crippen molar-refractivity contribution in [2.75, 3.05) is 0 Å². The molecule has 0 aliphatic carbocycles. The van der Waals surface area contributed by atoms with E-state index in [0.29, 0.717) is 11.3 Å². The molecule has 0 saturated heterocycles. The van der Waals surface area contributed by atoms with Gasteiger partial charge in [-0.05, 0) is 59.0 Å². The normalized spacial score (nSPS) is 10.2. The average Bonchev–Trinajstić information content (AvgIpc) is 3.15. The Bertz CT molecular complexity index is 847. The van der Waals surface area contributed by atoms with Crippen molar-refractivity contribution in [2.24, 2.45) is 0 Å². The molecule has 0 fully saturated rings. The standard InChI is InChI=1S/C15H11FN6O2/c16-12-5-1-10(2-6-12)14(23)18-19-15(24)11-3-7-13(8-4-11)22-9-17-20-21-22/h1-9H,(H,18,23)(H,19,24). The predicted molar refractivity (Wildman–Crippen MR) is 80.5 cm³/mol. The third-order valence-corrected chi connectivity index (χ3v) is 3.14. The molecular formula is C15H11FN6O2. The van der Waals surface area contributed by atoms with Crippen molar-refractivity contribution in [2.45, 2.75) is 0 Å². The van der Waals surface area contributed by atoms with Gasteiger partial charge in [0.25, 0.3) is 11.8 Å². The molecule has 1 aromatic heterocycles. The Balaban J connectivity index is 1.60. The number of aromatic nitrogens is 4. The van der Waals surface area contributed by atoms with Crippen LogP contribution in [0.25, 0.3) is 5.69 Å². The maximum absolute atomic E-state index is 12.8. The number of benzene rings is 2. The number of hydrazine groups is 1. The van der Waals surface area contributed by atoms with E-state index in [4.69, 9.17) is 0 Å². The number of halogens is 1. The van der Waals surface area contributed by atoms with Crippen LogP contribution in [0.5, 0.6) is 0 Å². The Kier molecular flexibility index (Phi) is 4.23. The highest BCUT2D eigenvalue weighted by Crippen LogP contribution is 2.07. The molecule has 2 aromatic carbocycles. The second-order valence-corrected chi connectivity index (χ2v) is 4.72. The third kappa shape index (κ3) is 3.40. The molecule has 0 aliphatic rings. The molecule has 9 heteroatoms. The summed E-state index contributed by atoms with van der Waals surface area (Å²) in [7, 11) is 0. The van der Waals surface area contributed by atoms with E-state index >= 15 is 0 Å². The maximum atomic E-state index is 12.8. The molecule has 3 aromatic rings. The molecule has 2 amide bonds. The largest absolute Gasteiger partial charge is 0.269 e. The minimum Gasteiger partial charge on any atom is -0.267 e. The Labute approximate surface area is 135 Å². The minimum atomic E-state index is -0.548. The SMILES string of the molecule is O=C(NNC(=O)c1ccc(-n2cnnn2)cc1)c1ccc(F)cc1. The van der Waals surface area contributed by atoms with Crippen molar-refractivity contribution < 1.29 is 14.0 Å². The predicted octanol–water partition coefficient (Wildman–Crippen LogP) is 0.876. The molecular weight excluding hydrogens is 315 g/mol. The number of carbonyl (C=O) groups excluding carboxylic acids is 2. The quantitative estimate of drug-likeness (QED) is 0.696. The van der Waals surface area contributed by atoms with Crippen molar-refractivity contribution in [3.8, 4) is 5.69 Å². The summed E-state index contributed by atoms with van der Waals surface area (Å²) < 4.78 is 14.2. The molecule has 8 nitrogen and oxygen atoms in total. The first kappa shape index (κ1) is 15.3. The minimum absolute atomic E-state index is 0.228. The molecule has 0 aliphatic heterocycles. The fourth-order valence-electron chi connectivity index (χ4n) is 1.90. The van der Waals surface area contributed by atoms with Gasteiger partial charge in [-0.1, -0.05) is 0 Å². The van der Waals surface area contributed by atoms with Crippen LogP contribution in [0.3, 0.4) is 0 Å². The fraction of sp³-hybridized carbons (Fsp3) is 0. The zero-order valence-corrected chi connectivity index (χ0v) is 12.2. The summed E-state index contributed by atoms with van der Waals surface area (Å²) in [5.41, 5.74) is 5.80. The summed E-state index contributed by atoms with van der Waals surface area (Å²) in [6, 6.07) is 11.4. The monoisotopic (exact) mass is 326 g/mol. The molecule has 120 valence electrons. The lowest BCUT2D eigenvalue weighted by Crippen LogP contribution is -2.41. The molecule has 2 N–H and O–H groups in total. The first-order chi connectivity index (χ1) is 11.6. The summed E-state index contributed by atoms with van der Waals surface area (Å²) >= 11 is 0. The zero-order valence-electron chi connectivity index (χ0n) is 12.2. The number of nitrogens with one attached hydrogen (secondary N) is 2. The second-order valence-electron chi connectivity index (χ2n) is 4.72. The van der Waals surface area contributed by atoms with Crippen LogP contribution in [0.1, 0.15) is 20.7 Å². The Hall–Kier alpha value is -3.62. The van der Waals surface area contributed by atoms with Crippen LogP contribution in [0, 0.1) is 5.82 Å². The lowest BCUT2D eigenvalue weighted by Gasteiger charge is -2.08. The van der Waals surface area contributed by atoms with E-state index in [0.717, 1.165) is 12.1 Å². The highest BCUT2D eigenvalue weighted by Gasteiger charge is 2.09. The van der Waals surface area contributed by atoms with Crippen LogP contribution in [0.15, 0.2) is 54.9 Å². The summed E-state index contributed by atoms with van der Waals surface area (Å²) in [6.45, 7) is 0. The van der Waals surface area contributed by atoms with Crippen LogP contribution in [-0.4, -0.2) is 32.0 Å². The first-order valence-corrected chi connectivity index (χ1v) is 6.83. The van der Waals surface area contributed by atoms with E-state index in [-0.39, 0.29) is 5.56 Å². The van der Waals surface area contributed by atoms with Crippen LogP contribution in [0.4, 0.5) is 4.39 Å². The highest BCUT2D eigenvalue weighted by atomic mass is 19.1. The number of hydrogen-bond acceptors (Lipinski definition) is 5. The smallest absolute Gasteiger partial charge is 0.267 e. The van der Waals surface area contributed by atoms with Gasteiger partial charge in [0.15, 0.2) is 0 Å². The maximum Gasteiger partial charge on any atom is 0.269 e. The number of carbonyl (C=O) groups is 2. The lowest BCUT2D eigenvalue weighted by atomic mass is 10.2. The topological polar surface area (TPSA) is 102 Å². The van der Waals surface area contributed by atoms with Gasteiger partial charge in [0, 0.05) is 11.1 Å². The van der Waals surface area contributed by atoms with Gasteiger partial charge < -0.3 is 0 Å². The van der Waals surface area contributed by atoms with E-state index in [1.54, 1.807) is 24.3 Å². The molecule has 0 spiro atoms. The lowest BCUT2D eigenvalue weighted by molar-refractivity contribution is 0.0846. The number of amides is 2. The van der Waals surface area contributed by atoms with Crippen molar-refractivity contribution in [1.82, 2.24) is 31.1 Å². The van der Waals surface area contributed by atoms with Crippen LogP contribution in [0.2, 0.25) is 0 Å². The Morgan fingerprint density at radius 2 is 1.42 bits per heavy atom. The van der Waals surface area contributed by atoms with E-state index in [1.807, 2.05) is 0 Å². The molecule has 24 heavy (non-hydrogen) atoms. The van der Waals surface area contributed by atoms with E-state index < -0.39 is 17.6 Å². The van der Waals surface area contributed by atoms with E-state index in [1.165, 1.54) is 23.1 Å². The summed E-state index contributed by atoms with van der Waals surface area (Å²) in [5.74, 6) is -1.49. The summed E-state index contributed by atoms with van der Waals surface area (Å²) in [4.78, 5) is 23.8. The molecule has 0 atom stereocenters. The molecule has 3 rings (SSSR count). The van der Waals surface area contributed by atoms with Crippen molar-refractivity contribution in [3.63, 3.8) is 0 Å². The molecule has 0 saturated carbocycles. The highest BCUT2D eigenvalue weighted by molar-refractivity contribution is 5.99. The van der Waals surface area contributed by atoms with Gasteiger partial charge in [0.2, 0.25) is 0 Å². The van der Waals surface area contributed by atoms with Gasteiger partial charge in [-0.3, -0.25) is 20.4 Å². The number of nitrogens with zero attached hydrogens (tertiary/aromatic N) is 4. The zero-order chi connectivity index (χ0) is 16.9. The Morgan fingerprint density at radius 3 is 1.92 bits per heavy atom. The van der Waals surface area contributed by atoms with E-state index in [2.05, 4.69) is 26.4 Å². The fourth-order valence-corrected chi connectivity index (χ4v) is 1.90. The Morgan fingerprint density at radius 1 is 0.875 bits per heavy atom. The van der Waals surface area contributed by atoms with Crippen LogP contribution >= 0.6 is 0 Å². The number of rotatable bonds is 3. The molecule has 0 bridgehead atoms. The van der Waals surface area contributed by atoms with Gasteiger partial charge in [-0.25, -0.2) is 9.07 Å². The van der Waals surface area contributed by atoms with Gasteiger partial charge in [0.05, 0.1) is 5.69 Å². The second kappa shape index (κ2) is 6.65. The number of tetrazole rings is 1. The summed E-state index contributed by atoms with van der Waals surface area (Å²) in [6.07, 6.45) is 1.43. The van der Waals surface area contributed by atoms with Crippen LogP contribution in [-0.2, 0) is 0 Å². The molecule has 0 unspecified atom stereocenters. The average molecular weight is 326 g/mol.